The summed E-state index contributed by atoms with van der Waals surface area (Å²) in [5.74, 6) is 12.2. The lowest BCUT2D eigenvalue weighted by Crippen LogP contribution is -2.24. The Morgan fingerprint density at radius 3 is 0.957 bits per heavy atom. The van der Waals surface area contributed by atoms with Crippen LogP contribution in [0.2, 0.25) is 0 Å². The van der Waals surface area contributed by atoms with Gasteiger partial charge in [0.05, 0.1) is 5.92 Å². The molecule has 424 valence electrons. The monoisotopic (exact) mass is 999 g/mol. The van der Waals surface area contributed by atoms with Crippen molar-refractivity contribution >= 4 is 0 Å². The number of hydrogen-bond donors (Lipinski definition) is 0. The molecule has 1 nitrogen and oxygen atoms in total. The van der Waals surface area contributed by atoms with E-state index in [1.165, 1.54) is 135 Å². The first-order valence-corrected chi connectivity index (χ1v) is 29.8. The van der Waals surface area contributed by atoms with E-state index in [4.69, 9.17) is 11.2 Å². The molecule has 4 rings (SSSR count). The van der Waals surface area contributed by atoms with E-state index in [0.717, 1.165) is 84.5 Å². The van der Waals surface area contributed by atoms with Gasteiger partial charge in [-0.25, -0.2) is 0 Å². The maximum atomic E-state index is 11.7. The Bertz CT molecular complexity index is 1080. The highest BCUT2D eigenvalue weighted by Crippen LogP contribution is 2.35. The highest BCUT2D eigenvalue weighted by molar-refractivity contribution is 4.84. The van der Waals surface area contributed by atoms with E-state index in [0.29, 0.717) is 11.3 Å². The van der Waals surface area contributed by atoms with Crippen molar-refractivity contribution in [3.05, 3.63) is 12.7 Å². The summed E-state index contributed by atoms with van der Waals surface area (Å²) in [4.78, 5) is 0. The minimum Gasteiger partial charge on any atom is -0.385 e. The lowest BCUT2D eigenvalue weighted by atomic mass is 9.80. The van der Waals surface area contributed by atoms with Crippen LogP contribution in [0.15, 0.2) is 12.7 Å². The van der Waals surface area contributed by atoms with Crippen LogP contribution in [0.25, 0.3) is 0 Å². The van der Waals surface area contributed by atoms with Crippen molar-refractivity contribution in [1.29, 1.82) is 0 Å². The Labute approximate surface area is 442 Å². The largest absolute Gasteiger partial charge is 0.391 e. The van der Waals surface area contributed by atoms with Gasteiger partial charge in [-0.3, -0.25) is 0 Å². The molecule has 4 aliphatic rings. The van der Waals surface area contributed by atoms with Crippen molar-refractivity contribution in [1.82, 2.24) is 0 Å². The standard InChI is InChI=1S/C10H20.C9H18.C8H16.C8H18.C7H14.C6H11F3.C6H14O.C6H12.C6H10/c1-9(2)8-10-6-4-3-5-7-10;1-8(2)7-9-5-3-4-6-9;1-7(2)6-8-4-3-5-8;1-7(2)6-8(3,4)5;1-6(2)5-7-3-4-7;1-4(2)5(3)6(7,8)9;1-6(2)4-5-7-3;2*1-4-5-6(2)3/h9-10H,3-8H2,1-2H3;8-9H,3-7H2,1-2H3;7-8H,3-6H2,1-2H3;7H,6H2,1-5H3;6-7H,3-5H2,1-2H3;4-5H,1-3H3;6H,4-5H2,1-3H3;4,6H,1,5H2,2-3H3;1,6H,5H2,2-3H3. The fourth-order valence-corrected chi connectivity index (χ4v) is 8.94. The molecule has 70 heavy (non-hydrogen) atoms. The summed E-state index contributed by atoms with van der Waals surface area (Å²) in [6, 6.07) is 0. The molecule has 0 amide bonds. The van der Waals surface area contributed by atoms with Crippen molar-refractivity contribution in [3.63, 3.8) is 0 Å². The Morgan fingerprint density at radius 1 is 0.500 bits per heavy atom. The second kappa shape index (κ2) is 49.0. The van der Waals surface area contributed by atoms with Gasteiger partial charge < -0.3 is 4.74 Å². The summed E-state index contributed by atoms with van der Waals surface area (Å²) in [5.41, 5.74) is 0.522. The number of ether oxygens (including phenoxy) is 1. The normalized spacial score (nSPS) is 16.5. The molecule has 0 bridgehead atoms. The number of hydrogen-bond acceptors (Lipinski definition) is 1. The molecule has 0 aromatic heterocycles. The Kier molecular flexibility index (Phi) is 54.5. The molecule has 4 saturated carbocycles. The van der Waals surface area contributed by atoms with Crippen molar-refractivity contribution < 1.29 is 17.9 Å². The lowest BCUT2D eigenvalue weighted by Gasteiger charge is -2.26. The van der Waals surface area contributed by atoms with Crippen molar-refractivity contribution in [2.24, 2.45) is 88.3 Å². The fraction of sp³-hybridized carbons (Fsp3) is 0.939. The predicted octanol–water partition coefficient (Wildman–Crippen LogP) is 23.6. The van der Waals surface area contributed by atoms with Crippen molar-refractivity contribution in [3.8, 4) is 12.3 Å². The zero-order valence-corrected chi connectivity index (χ0v) is 52.3. The van der Waals surface area contributed by atoms with Crippen LogP contribution in [-0.4, -0.2) is 19.9 Å². The lowest BCUT2D eigenvalue weighted by molar-refractivity contribution is -0.180. The molecular formula is C66H133F3O. The molecule has 0 aliphatic heterocycles. The van der Waals surface area contributed by atoms with Crippen LogP contribution in [0.1, 0.15) is 294 Å². The number of halogens is 3. The Hall–Kier alpha value is -0.950. The molecule has 1 unspecified atom stereocenters. The third kappa shape index (κ3) is 71.3. The van der Waals surface area contributed by atoms with Gasteiger partial charge in [-0.15, -0.1) is 18.9 Å². The summed E-state index contributed by atoms with van der Waals surface area (Å²) in [6.07, 6.45) is 34.4. The third-order valence-electron chi connectivity index (χ3n) is 12.9. The topological polar surface area (TPSA) is 9.23 Å². The van der Waals surface area contributed by atoms with Gasteiger partial charge in [0.2, 0.25) is 0 Å². The number of methoxy groups -OCH3 is 1. The maximum Gasteiger partial charge on any atom is 0.391 e. The van der Waals surface area contributed by atoms with Crippen LogP contribution in [-0.2, 0) is 4.74 Å². The first-order chi connectivity index (χ1) is 32.2. The zero-order chi connectivity index (χ0) is 55.5. The molecule has 0 spiro atoms. The second-order valence-electron chi connectivity index (χ2n) is 27.0. The van der Waals surface area contributed by atoms with Gasteiger partial charge in [-0.2, -0.15) is 13.2 Å². The van der Waals surface area contributed by atoms with E-state index in [1.54, 1.807) is 21.0 Å². The fourth-order valence-electron chi connectivity index (χ4n) is 8.94. The zero-order valence-electron chi connectivity index (χ0n) is 52.3. The molecule has 0 radical (unpaired) electrons. The third-order valence-corrected chi connectivity index (χ3v) is 12.9. The van der Waals surface area contributed by atoms with Gasteiger partial charge in [0.15, 0.2) is 0 Å². The van der Waals surface area contributed by atoms with Crippen LogP contribution in [0.3, 0.4) is 0 Å². The highest BCUT2D eigenvalue weighted by Gasteiger charge is 2.37. The molecular weight excluding hydrogens is 866 g/mol. The van der Waals surface area contributed by atoms with Gasteiger partial charge in [0.25, 0.3) is 0 Å². The quantitative estimate of drug-likeness (QED) is 0.111. The van der Waals surface area contributed by atoms with Gasteiger partial charge in [0.1, 0.15) is 0 Å². The van der Waals surface area contributed by atoms with E-state index in [-0.39, 0.29) is 5.92 Å². The minimum atomic E-state index is -4.02. The average Bonchev–Trinajstić information content (AvgIpc) is 3.85. The minimum absolute atomic E-state index is 0.315. The summed E-state index contributed by atoms with van der Waals surface area (Å²) < 4.78 is 40.0. The van der Waals surface area contributed by atoms with Gasteiger partial charge in [-0.1, -0.05) is 248 Å². The van der Waals surface area contributed by atoms with E-state index >= 15 is 0 Å². The van der Waals surface area contributed by atoms with E-state index in [2.05, 4.69) is 144 Å². The molecule has 0 aromatic rings. The van der Waals surface area contributed by atoms with Gasteiger partial charge in [0, 0.05) is 20.1 Å². The van der Waals surface area contributed by atoms with Crippen LogP contribution < -0.4 is 0 Å². The molecule has 0 aromatic carbocycles. The molecule has 4 fully saturated rings. The van der Waals surface area contributed by atoms with Gasteiger partial charge in [-0.05, 0) is 127 Å². The first kappa shape index (κ1) is 77.9. The number of allylic oxidation sites excluding steroid dienone is 1. The second-order valence-corrected chi connectivity index (χ2v) is 27.0. The molecule has 4 aliphatic carbocycles. The van der Waals surface area contributed by atoms with E-state index in [1.807, 2.05) is 6.08 Å². The SMILES string of the molecule is C#CCC(C)C.C=CCC(C)C.CC(C)C(C)C(F)(F)F.CC(C)CC(C)(C)C.CC(C)CC1CC1.CC(C)CC1CCC1.CC(C)CC1CCCC1.CC(C)CC1CCCCC1.COCCC(C)C. The van der Waals surface area contributed by atoms with Crippen LogP contribution in [0.4, 0.5) is 13.2 Å². The van der Waals surface area contributed by atoms with Crippen LogP contribution in [0.5, 0.6) is 0 Å². The predicted molar refractivity (Wildman–Crippen MR) is 315 cm³/mol. The Morgan fingerprint density at radius 2 is 0.843 bits per heavy atom. The highest BCUT2D eigenvalue weighted by atomic mass is 19.4. The van der Waals surface area contributed by atoms with Crippen molar-refractivity contribution in [2.45, 2.75) is 300 Å². The molecule has 0 heterocycles. The smallest absolute Gasteiger partial charge is 0.385 e. The molecule has 4 heteroatoms. The number of alkyl halides is 3. The van der Waals surface area contributed by atoms with Gasteiger partial charge >= 0.3 is 6.18 Å². The first-order valence-electron chi connectivity index (χ1n) is 29.8. The Balaban J connectivity index is -0.000000227. The number of rotatable bonds is 16. The summed E-state index contributed by atoms with van der Waals surface area (Å²) in [7, 11) is 1.74. The van der Waals surface area contributed by atoms with Crippen molar-refractivity contribution in [2.75, 3.05) is 13.7 Å². The number of terminal acetylenes is 1. The molecule has 0 N–H and O–H groups in total. The van der Waals surface area contributed by atoms with Crippen LogP contribution >= 0.6 is 0 Å². The summed E-state index contributed by atoms with van der Waals surface area (Å²) >= 11 is 0. The van der Waals surface area contributed by atoms with Crippen LogP contribution in [0, 0.1) is 101 Å². The molecule has 1 atom stereocenters. The summed E-state index contributed by atoms with van der Waals surface area (Å²) in [6.45, 7) is 51.8. The summed E-state index contributed by atoms with van der Waals surface area (Å²) in [5, 5.41) is 0. The van der Waals surface area contributed by atoms with E-state index in [9.17, 15) is 13.2 Å². The average molecular weight is 1000 g/mol. The maximum absolute atomic E-state index is 11.7. The molecule has 0 saturated heterocycles. The van der Waals surface area contributed by atoms with E-state index < -0.39 is 12.1 Å².